The number of hydrogen-bond donors (Lipinski definition) is 1. The fraction of sp³-hybridized carbons (Fsp3) is 0.579. The minimum absolute atomic E-state index is 0. The van der Waals surface area contributed by atoms with Crippen molar-refractivity contribution in [3.05, 3.63) is 35.4 Å². The highest BCUT2D eigenvalue weighted by molar-refractivity contribution is 14.0. The molecule has 0 spiro atoms. The number of likely N-dealkylation sites (tertiary alicyclic amines) is 1. The van der Waals surface area contributed by atoms with E-state index in [-0.39, 0.29) is 36.4 Å². The summed E-state index contributed by atoms with van der Waals surface area (Å²) in [5.74, 6) is 0.917. The van der Waals surface area contributed by atoms with Crippen LogP contribution < -0.4 is 5.32 Å². The van der Waals surface area contributed by atoms with Gasteiger partial charge in [0.25, 0.3) is 0 Å². The van der Waals surface area contributed by atoms with Gasteiger partial charge < -0.3 is 15.1 Å². The molecule has 1 saturated heterocycles. The SMILES string of the molecule is CCNC(=NCC(=O)N1CCCCC1)N(C)Cc1ccccc1C.I. The Morgan fingerprint density at radius 2 is 1.92 bits per heavy atom. The predicted molar refractivity (Wildman–Crippen MR) is 114 cm³/mol. The van der Waals surface area contributed by atoms with Crippen LogP contribution in [0.15, 0.2) is 29.3 Å². The Balaban J connectivity index is 0.00000312. The summed E-state index contributed by atoms with van der Waals surface area (Å²) in [5, 5.41) is 3.29. The molecule has 1 heterocycles. The number of carbonyl (C=O) groups excluding carboxylic acids is 1. The number of halogens is 1. The molecule has 0 aliphatic carbocycles. The van der Waals surface area contributed by atoms with Crippen molar-refractivity contribution in [2.24, 2.45) is 4.99 Å². The molecule has 0 unspecified atom stereocenters. The van der Waals surface area contributed by atoms with Crippen LogP contribution in [0.25, 0.3) is 0 Å². The highest BCUT2D eigenvalue weighted by Gasteiger charge is 2.16. The van der Waals surface area contributed by atoms with Crippen LogP contribution in [0.4, 0.5) is 0 Å². The van der Waals surface area contributed by atoms with Crippen molar-refractivity contribution in [2.45, 2.75) is 39.7 Å². The van der Waals surface area contributed by atoms with Crippen LogP contribution in [-0.4, -0.2) is 54.9 Å². The maximum absolute atomic E-state index is 12.3. The van der Waals surface area contributed by atoms with Gasteiger partial charge >= 0.3 is 0 Å². The lowest BCUT2D eigenvalue weighted by Gasteiger charge is -2.27. The maximum Gasteiger partial charge on any atom is 0.244 e. The van der Waals surface area contributed by atoms with Crippen LogP contribution in [0.2, 0.25) is 0 Å². The number of nitrogens with zero attached hydrogens (tertiary/aromatic N) is 3. The maximum atomic E-state index is 12.3. The number of carbonyl (C=O) groups is 1. The van der Waals surface area contributed by atoms with Crippen molar-refractivity contribution >= 4 is 35.8 Å². The molecule has 1 N–H and O–H groups in total. The molecular formula is C19H31IN4O. The molecule has 0 radical (unpaired) electrons. The van der Waals surface area contributed by atoms with E-state index in [9.17, 15) is 4.79 Å². The van der Waals surface area contributed by atoms with E-state index >= 15 is 0 Å². The summed E-state index contributed by atoms with van der Waals surface area (Å²) < 4.78 is 0. The second kappa shape index (κ2) is 11.3. The number of rotatable bonds is 5. The molecule has 1 fully saturated rings. The molecular weight excluding hydrogens is 427 g/mol. The third kappa shape index (κ3) is 6.84. The van der Waals surface area contributed by atoms with Crippen molar-refractivity contribution in [2.75, 3.05) is 33.2 Å². The molecule has 25 heavy (non-hydrogen) atoms. The van der Waals surface area contributed by atoms with E-state index < -0.39 is 0 Å². The number of nitrogens with one attached hydrogen (secondary N) is 1. The first-order chi connectivity index (χ1) is 11.6. The van der Waals surface area contributed by atoms with E-state index in [1.165, 1.54) is 17.5 Å². The minimum atomic E-state index is 0. The van der Waals surface area contributed by atoms with Gasteiger partial charge in [0.05, 0.1) is 0 Å². The normalized spacial score (nSPS) is 14.7. The number of aryl methyl sites for hydroxylation is 1. The number of hydrogen-bond acceptors (Lipinski definition) is 2. The molecule has 5 nitrogen and oxygen atoms in total. The monoisotopic (exact) mass is 458 g/mol. The molecule has 1 amide bonds. The highest BCUT2D eigenvalue weighted by Crippen LogP contribution is 2.10. The first-order valence-electron chi connectivity index (χ1n) is 8.93. The van der Waals surface area contributed by atoms with Crippen molar-refractivity contribution in [1.29, 1.82) is 0 Å². The third-order valence-corrected chi connectivity index (χ3v) is 4.44. The minimum Gasteiger partial charge on any atom is -0.357 e. The fourth-order valence-corrected chi connectivity index (χ4v) is 2.97. The first-order valence-corrected chi connectivity index (χ1v) is 8.93. The van der Waals surface area contributed by atoms with Gasteiger partial charge in [-0.1, -0.05) is 24.3 Å². The fourth-order valence-electron chi connectivity index (χ4n) is 2.97. The summed E-state index contributed by atoms with van der Waals surface area (Å²) >= 11 is 0. The summed E-state index contributed by atoms with van der Waals surface area (Å²) in [6, 6.07) is 8.36. The zero-order valence-corrected chi connectivity index (χ0v) is 18.0. The largest absolute Gasteiger partial charge is 0.357 e. The zero-order chi connectivity index (χ0) is 17.4. The van der Waals surface area contributed by atoms with Gasteiger partial charge in [0.15, 0.2) is 5.96 Å². The van der Waals surface area contributed by atoms with Crippen molar-refractivity contribution < 1.29 is 4.79 Å². The summed E-state index contributed by atoms with van der Waals surface area (Å²) in [5.41, 5.74) is 2.54. The Morgan fingerprint density at radius 1 is 1.24 bits per heavy atom. The van der Waals surface area contributed by atoms with Gasteiger partial charge in [0, 0.05) is 33.2 Å². The molecule has 2 rings (SSSR count). The molecule has 140 valence electrons. The van der Waals surface area contributed by atoms with Crippen molar-refractivity contribution in [1.82, 2.24) is 15.1 Å². The molecule has 0 atom stereocenters. The highest BCUT2D eigenvalue weighted by atomic mass is 127. The summed E-state index contributed by atoms with van der Waals surface area (Å²) in [6.07, 6.45) is 3.46. The summed E-state index contributed by atoms with van der Waals surface area (Å²) in [7, 11) is 2.01. The predicted octanol–water partition coefficient (Wildman–Crippen LogP) is 3.02. The smallest absolute Gasteiger partial charge is 0.244 e. The van der Waals surface area contributed by atoms with Gasteiger partial charge in [-0.05, 0) is 44.2 Å². The lowest BCUT2D eigenvalue weighted by Crippen LogP contribution is -2.41. The Bertz CT molecular complexity index is 570. The number of aliphatic imine (C=N–C) groups is 1. The molecule has 0 bridgehead atoms. The zero-order valence-electron chi connectivity index (χ0n) is 15.6. The molecule has 1 aromatic carbocycles. The molecule has 1 aliphatic rings. The lowest BCUT2D eigenvalue weighted by molar-refractivity contribution is -0.130. The molecule has 0 saturated carbocycles. The van der Waals surface area contributed by atoms with Crippen LogP contribution in [0.1, 0.15) is 37.3 Å². The second-order valence-electron chi connectivity index (χ2n) is 6.39. The Labute approximate surface area is 168 Å². The van der Waals surface area contributed by atoms with Gasteiger partial charge in [-0.15, -0.1) is 24.0 Å². The van der Waals surface area contributed by atoms with E-state index in [4.69, 9.17) is 0 Å². The second-order valence-corrected chi connectivity index (χ2v) is 6.39. The average molecular weight is 458 g/mol. The van der Waals surface area contributed by atoms with Gasteiger partial charge in [0.2, 0.25) is 5.91 Å². The van der Waals surface area contributed by atoms with Crippen LogP contribution in [0.5, 0.6) is 0 Å². The first kappa shape index (κ1) is 21.7. The van der Waals surface area contributed by atoms with Crippen molar-refractivity contribution in [3.8, 4) is 0 Å². The van der Waals surface area contributed by atoms with Gasteiger partial charge in [-0.2, -0.15) is 0 Å². The van der Waals surface area contributed by atoms with Gasteiger partial charge in [-0.3, -0.25) is 4.79 Å². The number of piperidine rings is 1. The van der Waals surface area contributed by atoms with Crippen LogP contribution in [-0.2, 0) is 11.3 Å². The summed E-state index contributed by atoms with van der Waals surface area (Å²) in [4.78, 5) is 20.9. The quantitative estimate of drug-likeness (QED) is 0.419. The number of guanidine groups is 1. The number of benzene rings is 1. The Morgan fingerprint density at radius 3 is 2.56 bits per heavy atom. The topological polar surface area (TPSA) is 47.9 Å². The molecule has 1 aliphatic heterocycles. The molecule has 1 aromatic rings. The van der Waals surface area contributed by atoms with Crippen LogP contribution in [0.3, 0.4) is 0 Å². The number of amides is 1. The lowest BCUT2D eigenvalue weighted by atomic mass is 10.1. The van der Waals surface area contributed by atoms with E-state index in [2.05, 4.69) is 46.4 Å². The van der Waals surface area contributed by atoms with Gasteiger partial charge in [0.1, 0.15) is 6.54 Å². The van der Waals surface area contributed by atoms with E-state index in [1.54, 1.807) is 0 Å². The van der Waals surface area contributed by atoms with E-state index in [1.807, 2.05) is 18.9 Å². The third-order valence-electron chi connectivity index (χ3n) is 4.44. The van der Waals surface area contributed by atoms with Crippen molar-refractivity contribution in [3.63, 3.8) is 0 Å². The van der Waals surface area contributed by atoms with Gasteiger partial charge in [-0.25, -0.2) is 4.99 Å². The Hall–Kier alpha value is -1.31. The van der Waals surface area contributed by atoms with Crippen LogP contribution in [0, 0.1) is 6.92 Å². The molecule has 6 heteroatoms. The van der Waals surface area contributed by atoms with Crippen LogP contribution >= 0.6 is 24.0 Å². The Kier molecular flexibility index (Phi) is 9.85. The standard InChI is InChI=1S/C19H30N4O.HI/c1-4-20-19(21-14-18(24)23-12-8-5-9-13-23)22(3)15-17-11-7-6-10-16(17)2;/h6-7,10-11H,4-5,8-9,12-15H2,1-3H3,(H,20,21);1H. The summed E-state index contributed by atoms with van der Waals surface area (Å²) in [6.45, 7) is 7.70. The molecule has 0 aromatic heterocycles. The van der Waals surface area contributed by atoms with E-state index in [0.717, 1.165) is 45.0 Å². The average Bonchev–Trinajstić information content (AvgIpc) is 2.61. The van der Waals surface area contributed by atoms with E-state index in [0.29, 0.717) is 0 Å².